The standard InChI is InChI=1S/C14H19NOS/c1-14(6-8-17-10-14)16-12-4-5-13-11(9-12)3-2-7-15-13/h4-5,9,15H,2-3,6-8,10H2,1H3. The maximum absolute atomic E-state index is 6.18. The molecule has 92 valence electrons. The highest BCUT2D eigenvalue weighted by Gasteiger charge is 2.31. The van der Waals surface area contributed by atoms with Crippen LogP contribution in [0.2, 0.25) is 0 Å². The van der Waals surface area contributed by atoms with Gasteiger partial charge in [0.15, 0.2) is 0 Å². The topological polar surface area (TPSA) is 21.3 Å². The van der Waals surface area contributed by atoms with Crippen LogP contribution in [0.5, 0.6) is 5.75 Å². The molecule has 1 aromatic rings. The number of thioether (sulfide) groups is 1. The quantitative estimate of drug-likeness (QED) is 0.869. The third-order valence-corrected chi connectivity index (χ3v) is 4.87. The van der Waals surface area contributed by atoms with Crippen LogP contribution in [0.1, 0.15) is 25.3 Å². The fraction of sp³-hybridized carbons (Fsp3) is 0.571. The van der Waals surface area contributed by atoms with Gasteiger partial charge in [-0.1, -0.05) is 0 Å². The summed E-state index contributed by atoms with van der Waals surface area (Å²) in [5, 5.41) is 3.43. The lowest BCUT2D eigenvalue weighted by atomic mass is 10.0. The van der Waals surface area contributed by atoms with Crippen molar-refractivity contribution in [3.63, 3.8) is 0 Å². The summed E-state index contributed by atoms with van der Waals surface area (Å²) in [6, 6.07) is 6.48. The van der Waals surface area contributed by atoms with E-state index in [9.17, 15) is 0 Å². The highest BCUT2D eigenvalue weighted by molar-refractivity contribution is 7.99. The zero-order valence-corrected chi connectivity index (χ0v) is 11.1. The summed E-state index contributed by atoms with van der Waals surface area (Å²) in [5.74, 6) is 3.38. The van der Waals surface area contributed by atoms with Gasteiger partial charge in [-0.2, -0.15) is 11.8 Å². The average Bonchev–Trinajstić information content (AvgIpc) is 2.76. The summed E-state index contributed by atoms with van der Waals surface area (Å²) < 4.78 is 6.18. The van der Waals surface area contributed by atoms with E-state index in [2.05, 4.69) is 30.4 Å². The van der Waals surface area contributed by atoms with Gasteiger partial charge < -0.3 is 10.1 Å². The molecule has 2 nitrogen and oxygen atoms in total. The second-order valence-corrected chi connectivity index (χ2v) is 6.31. The Morgan fingerprint density at radius 2 is 2.35 bits per heavy atom. The molecular formula is C14H19NOS. The maximum Gasteiger partial charge on any atom is 0.120 e. The Hall–Kier alpha value is -0.830. The third-order valence-electron chi connectivity index (χ3n) is 3.56. The van der Waals surface area contributed by atoms with E-state index in [0.717, 1.165) is 24.5 Å². The van der Waals surface area contributed by atoms with Gasteiger partial charge in [-0.25, -0.2) is 0 Å². The van der Waals surface area contributed by atoms with E-state index >= 15 is 0 Å². The number of nitrogens with one attached hydrogen (secondary N) is 1. The van der Waals surface area contributed by atoms with Crippen molar-refractivity contribution in [2.75, 3.05) is 23.4 Å². The number of fused-ring (bicyclic) bond motifs is 1. The number of hydrogen-bond donors (Lipinski definition) is 1. The highest BCUT2D eigenvalue weighted by atomic mass is 32.2. The van der Waals surface area contributed by atoms with Crippen molar-refractivity contribution in [2.45, 2.75) is 31.8 Å². The second-order valence-electron chi connectivity index (χ2n) is 5.20. The minimum Gasteiger partial charge on any atom is -0.487 e. The van der Waals surface area contributed by atoms with Gasteiger partial charge in [0.25, 0.3) is 0 Å². The molecule has 1 fully saturated rings. The van der Waals surface area contributed by atoms with Gasteiger partial charge in [0.1, 0.15) is 11.4 Å². The monoisotopic (exact) mass is 249 g/mol. The molecule has 3 rings (SSSR count). The maximum atomic E-state index is 6.18. The third kappa shape index (κ3) is 2.39. The van der Waals surface area contributed by atoms with Gasteiger partial charge in [0, 0.05) is 18.0 Å². The molecule has 0 spiro atoms. The largest absolute Gasteiger partial charge is 0.487 e. The normalized spacial score (nSPS) is 27.4. The number of aryl methyl sites for hydroxylation is 1. The lowest BCUT2D eigenvalue weighted by Gasteiger charge is -2.26. The van der Waals surface area contributed by atoms with E-state index in [1.807, 2.05) is 11.8 Å². The molecular weight excluding hydrogens is 230 g/mol. The van der Waals surface area contributed by atoms with E-state index < -0.39 is 0 Å². The van der Waals surface area contributed by atoms with Crippen LogP contribution in [0, 0.1) is 0 Å². The lowest BCUT2D eigenvalue weighted by Crippen LogP contribution is -2.31. The zero-order valence-electron chi connectivity index (χ0n) is 10.3. The first kappa shape index (κ1) is 11.3. The van der Waals surface area contributed by atoms with Crippen LogP contribution < -0.4 is 10.1 Å². The summed E-state index contributed by atoms with van der Waals surface area (Å²) in [6.45, 7) is 3.33. The molecule has 2 aliphatic heterocycles. The number of benzene rings is 1. The predicted molar refractivity (Wildman–Crippen MR) is 74.2 cm³/mol. The molecule has 3 heteroatoms. The number of rotatable bonds is 2. The van der Waals surface area contributed by atoms with Crippen LogP contribution >= 0.6 is 11.8 Å². The lowest BCUT2D eigenvalue weighted by molar-refractivity contribution is 0.118. The van der Waals surface area contributed by atoms with E-state index in [-0.39, 0.29) is 5.60 Å². The molecule has 1 atom stereocenters. The fourth-order valence-electron chi connectivity index (χ4n) is 2.53. The summed E-state index contributed by atoms with van der Waals surface area (Å²) in [6.07, 6.45) is 3.56. The van der Waals surface area contributed by atoms with Crippen molar-refractivity contribution in [1.82, 2.24) is 0 Å². The molecule has 17 heavy (non-hydrogen) atoms. The van der Waals surface area contributed by atoms with Crippen LogP contribution in [-0.4, -0.2) is 23.7 Å². The smallest absolute Gasteiger partial charge is 0.120 e. The van der Waals surface area contributed by atoms with Gasteiger partial charge in [0.2, 0.25) is 0 Å². The van der Waals surface area contributed by atoms with Crippen molar-refractivity contribution in [2.24, 2.45) is 0 Å². The molecule has 1 N–H and O–H groups in total. The molecule has 0 aromatic heterocycles. The second kappa shape index (κ2) is 4.45. The molecule has 0 bridgehead atoms. The van der Waals surface area contributed by atoms with Crippen molar-refractivity contribution < 1.29 is 4.74 Å². The minimum absolute atomic E-state index is 0.0427. The van der Waals surface area contributed by atoms with Crippen molar-refractivity contribution in [3.05, 3.63) is 23.8 Å². The first-order valence-corrected chi connectivity index (χ1v) is 7.54. The van der Waals surface area contributed by atoms with Gasteiger partial charge in [-0.3, -0.25) is 0 Å². The Balaban J connectivity index is 1.79. The fourth-order valence-corrected chi connectivity index (χ4v) is 3.88. The van der Waals surface area contributed by atoms with Crippen LogP contribution in [0.4, 0.5) is 5.69 Å². The molecule has 0 radical (unpaired) electrons. The molecule has 0 saturated carbocycles. The van der Waals surface area contributed by atoms with Gasteiger partial charge in [-0.05, 0) is 55.7 Å². The van der Waals surface area contributed by atoms with Crippen LogP contribution in [0.3, 0.4) is 0 Å². The Bertz CT molecular complexity index is 413. The Morgan fingerprint density at radius 1 is 1.41 bits per heavy atom. The average molecular weight is 249 g/mol. The van der Waals surface area contributed by atoms with E-state index in [1.165, 1.54) is 29.8 Å². The van der Waals surface area contributed by atoms with Gasteiger partial charge in [0.05, 0.1) is 0 Å². The highest BCUT2D eigenvalue weighted by Crippen LogP contribution is 2.34. The van der Waals surface area contributed by atoms with Crippen molar-refractivity contribution in [3.8, 4) is 5.75 Å². The Labute approximate surface area is 107 Å². The number of hydrogen-bond acceptors (Lipinski definition) is 3. The summed E-state index contributed by atoms with van der Waals surface area (Å²) in [5.41, 5.74) is 2.73. The van der Waals surface area contributed by atoms with Crippen LogP contribution in [-0.2, 0) is 6.42 Å². The van der Waals surface area contributed by atoms with Crippen LogP contribution in [0.15, 0.2) is 18.2 Å². The molecule has 1 unspecified atom stereocenters. The molecule has 2 heterocycles. The summed E-state index contributed by atoms with van der Waals surface area (Å²) in [7, 11) is 0. The van der Waals surface area contributed by atoms with E-state index in [0.29, 0.717) is 0 Å². The van der Waals surface area contributed by atoms with Gasteiger partial charge in [-0.15, -0.1) is 0 Å². The molecule has 1 aromatic carbocycles. The van der Waals surface area contributed by atoms with E-state index in [4.69, 9.17) is 4.74 Å². The van der Waals surface area contributed by atoms with Gasteiger partial charge >= 0.3 is 0 Å². The summed E-state index contributed by atoms with van der Waals surface area (Å²) in [4.78, 5) is 0. The van der Waals surface area contributed by atoms with Crippen LogP contribution in [0.25, 0.3) is 0 Å². The number of ether oxygens (including phenoxy) is 1. The zero-order chi connectivity index (χ0) is 11.7. The molecule has 0 amide bonds. The SMILES string of the molecule is CC1(Oc2ccc3c(c2)CCCN3)CCSC1. The summed E-state index contributed by atoms with van der Waals surface area (Å²) >= 11 is 1.99. The van der Waals surface area contributed by atoms with Crippen molar-refractivity contribution >= 4 is 17.4 Å². The molecule has 2 aliphatic rings. The Morgan fingerprint density at radius 3 is 3.18 bits per heavy atom. The van der Waals surface area contributed by atoms with Crippen molar-refractivity contribution in [1.29, 1.82) is 0 Å². The minimum atomic E-state index is 0.0427. The first-order chi connectivity index (χ1) is 8.25. The van der Waals surface area contributed by atoms with E-state index in [1.54, 1.807) is 0 Å². The molecule has 1 saturated heterocycles. The molecule has 0 aliphatic carbocycles. The number of anilines is 1. The predicted octanol–water partition coefficient (Wildman–Crippen LogP) is 3.32. The first-order valence-electron chi connectivity index (χ1n) is 6.39. The Kier molecular flexibility index (Phi) is 2.95.